The van der Waals surface area contributed by atoms with Gasteiger partial charge in [0.2, 0.25) is 19.8 Å². The van der Waals surface area contributed by atoms with Crippen molar-refractivity contribution >= 4 is 56.9 Å². The summed E-state index contributed by atoms with van der Waals surface area (Å²) in [4.78, 5) is 9.08. The molecule has 3 rings (SSSR count). The zero-order chi connectivity index (χ0) is 27.5. The molecule has 0 spiro atoms. The lowest BCUT2D eigenvalue weighted by molar-refractivity contribution is -0.203. The van der Waals surface area contributed by atoms with Crippen LogP contribution in [0.3, 0.4) is 0 Å². The van der Waals surface area contributed by atoms with Gasteiger partial charge >= 0.3 is 0 Å². The van der Waals surface area contributed by atoms with Gasteiger partial charge in [-0.05, 0) is 30.2 Å². The van der Waals surface area contributed by atoms with E-state index in [1.54, 1.807) is 24.3 Å². The minimum absolute atomic E-state index is 0.00724. The average molecular weight is 597 g/mol. The second-order valence-corrected chi connectivity index (χ2v) is 13.6. The molecule has 0 saturated carbocycles. The first kappa shape index (κ1) is 30.0. The third kappa shape index (κ3) is 8.48. The van der Waals surface area contributed by atoms with Crippen LogP contribution in [0.2, 0.25) is 0 Å². The number of nitrogens with zero attached hydrogens (tertiary/aromatic N) is 3. The molecule has 204 valence electrons. The summed E-state index contributed by atoms with van der Waals surface area (Å²) in [5, 5.41) is 10.3. The number of rotatable bonds is 8. The van der Waals surface area contributed by atoms with E-state index in [0.29, 0.717) is 28.9 Å². The monoisotopic (exact) mass is 595 g/mol. The number of anilines is 1. The Kier molecular flexibility index (Phi) is 9.82. The highest BCUT2D eigenvalue weighted by atomic mass is 35.6. The topological polar surface area (TPSA) is 102 Å². The highest BCUT2D eigenvalue weighted by Crippen LogP contribution is 2.33. The molecule has 0 radical (unpaired) electrons. The number of aliphatic hydroxyl groups excluding tert-OH is 1. The predicted molar refractivity (Wildman–Crippen MR) is 144 cm³/mol. The molecule has 37 heavy (non-hydrogen) atoms. The Morgan fingerprint density at radius 1 is 1.24 bits per heavy atom. The second kappa shape index (κ2) is 12.1. The Bertz CT molecular complexity index is 1220. The predicted octanol–water partition coefficient (Wildman–Crippen LogP) is 5.07. The maximum Gasteiger partial charge on any atom is 0.239 e. The van der Waals surface area contributed by atoms with Crippen molar-refractivity contribution in [2.45, 2.75) is 54.9 Å². The maximum atomic E-state index is 13.7. The van der Waals surface area contributed by atoms with Crippen molar-refractivity contribution in [2.24, 2.45) is 0 Å². The summed E-state index contributed by atoms with van der Waals surface area (Å²) in [6.07, 6.45) is 3.07. The molecule has 1 saturated heterocycles. The van der Waals surface area contributed by atoms with Crippen LogP contribution in [0.15, 0.2) is 30.3 Å². The number of alkyl halides is 3. The zero-order valence-corrected chi connectivity index (χ0v) is 23.8. The van der Waals surface area contributed by atoms with E-state index in [1.165, 1.54) is 19.2 Å². The fraction of sp³-hybridized carbons (Fsp3) is 0.500. The Balaban J connectivity index is 2.04. The SMILES string of the molecule is CC(C)c1nc(N(C)S(C)(=O)=O)nc(-c2ccc(F)cc2)c1/C=C/[C@H]1C[C@H](O)CC(OCC(Cl)(Cl)Cl)O1. The number of benzene rings is 1. The Labute approximate surface area is 231 Å². The van der Waals surface area contributed by atoms with Crippen LogP contribution >= 0.6 is 34.8 Å². The van der Waals surface area contributed by atoms with Gasteiger partial charge in [-0.3, -0.25) is 0 Å². The van der Waals surface area contributed by atoms with Gasteiger partial charge in [0.1, 0.15) is 5.82 Å². The van der Waals surface area contributed by atoms with Crippen LogP contribution in [-0.4, -0.2) is 65.7 Å². The molecule has 3 atom stereocenters. The number of aromatic nitrogens is 2. The van der Waals surface area contributed by atoms with E-state index in [4.69, 9.17) is 44.3 Å². The molecule has 1 N–H and O–H groups in total. The summed E-state index contributed by atoms with van der Waals surface area (Å²) in [6, 6.07) is 5.72. The molecule has 1 aromatic heterocycles. The smallest absolute Gasteiger partial charge is 0.239 e. The lowest BCUT2D eigenvalue weighted by atomic mass is 9.97. The van der Waals surface area contributed by atoms with E-state index >= 15 is 0 Å². The third-order valence-electron chi connectivity index (χ3n) is 5.61. The van der Waals surface area contributed by atoms with Crippen molar-refractivity contribution in [1.29, 1.82) is 0 Å². The lowest BCUT2D eigenvalue weighted by Crippen LogP contribution is -2.37. The number of aliphatic hydroxyl groups is 1. The zero-order valence-electron chi connectivity index (χ0n) is 20.7. The van der Waals surface area contributed by atoms with Gasteiger partial charge in [0.25, 0.3) is 0 Å². The summed E-state index contributed by atoms with van der Waals surface area (Å²) >= 11 is 17.3. The normalized spacial score (nSPS) is 21.1. The van der Waals surface area contributed by atoms with Crippen LogP contribution in [0.5, 0.6) is 0 Å². The molecule has 1 unspecified atom stereocenters. The van der Waals surface area contributed by atoms with Gasteiger partial charge in [-0.15, -0.1) is 0 Å². The molecule has 1 aliphatic heterocycles. The van der Waals surface area contributed by atoms with Gasteiger partial charge in [-0.25, -0.2) is 27.1 Å². The van der Waals surface area contributed by atoms with Gasteiger partial charge in [0.05, 0.1) is 36.5 Å². The van der Waals surface area contributed by atoms with Crippen LogP contribution in [-0.2, 0) is 19.5 Å². The van der Waals surface area contributed by atoms with Crippen LogP contribution in [0, 0.1) is 5.82 Å². The van der Waals surface area contributed by atoms with Crippen LogP contribution in [0.4, 0.5) is 10.3 Å². The van der Waals surface area contributed by atoms with Crippen molar-refractivity contribution < 1.29 is 27.4 Å². The first-order chi connectivity index (χ1) is 17.1. The van der Waals surface area contributed by atoms with Gasteiger partial charge in [0.15, 0.2) is 6.29 Å². The Morgan fingerprint density at radius 2 is 1.89 bits per heavy atom. The van der Waals surface area contributed by atoms with Crippen molar-refractivity contribution in [3.8, 4) is 11.3 Å². The number of halogens is 4. The number of sulfonamides is 1. The molecule has 8 nitrogen and oxygen atoms in total. The van der Waals surface area contributed by atoms with Crippen molar-refractivity contribution in [3.05, 3.63) is 47.4 Å². The number of hydrogen-bond acceptors (Lipinski definition) is 7. The Hall–Kier alpha value is -1.53. The minimum Gasteiger partial charge on any atom is -0.393 e. The molecule has 0 aliphatic carbocycles. The van der Waals surface area contributed by atoms with Crippen LogP contribution in [0.25, 0.3) is 17.3 Å². The summed E-state index contributed by atoms with van der Waals surface area (Å²) in [6.45, 7) is 3.63. The van der Waals surface area contributed by atoms with E-state index < -0.39 is 38.1 Å². The van der Waals surface area contributed by atoms with E-state index in [9.17, 15) is 17.9 Å². The third-order valence-corrected chi connectivity index (χ3v) is 7.10. The second-order valence-electron chi connectivity index (χ2n) is 9.08. The molecule has 1 aromatic carbocycles. The lowest BCUT2D eigenvalue weighted by Gasteiger charge is -2.32. The van der Waals surface area contributed by atoms with Gasteiger partial charge in [-0.1, -0.05) is 60.8 Å². The molecule has 0 amide bonds. The summed E-state index contributed by atoms with van der Waals surface area (Å²) in [5.41, 5.74) is 2.17. The van der Waals surface area contributed by atoms with Crippen molar-refractivity contribution in [1.82, 2.24) is 9.97 Å². The molecular weight excluding hydrogens is 568 g/mol. The molecule has 2 heterocycles. The van der Waals surface area contributed by atoms with Gasteiger partial charge < -0.3 is 14.6 Å². The van der Waals surface area contributed by atoms with E-state index in [1.807, 2.05) is 13.8 Å². The molecular formula is C24H29Cl3FN3O5S. The van der Waals surface area contributed by atoms with Crippen LogP contribution < -0.4 is 4.31 Å². The van der Waals surface area contributed by atoms with Crippen molar-refractivity contribution in [3.63, 3.8) is 0 Å². The summed E-state index contributed by atoms with van der Waals surface area (Å²) in [5.74, 6) is -0.545. The first-order valence-electron chi connectivity index (χ1n) is 11.5. The Morgan fingerprint density at radius 3 is 2.46 bits per heavy atom. The van der Waals surface area contributed by atoms with E-state index in [-0.39, 0.29) is 24.9 Å². The van der Waals surface area contributed by atoms with Crippen LogP contribution in [0.1, 0.15) is 43.9 Å². The first-order valence-corrected chi connectivity index (χ1v) is 14.4. The fourth-order valence-corrected chi connectivity index (χ4v) is 4.28. The highest BCUT2D eigenvalue weighted by Gasteiger charge is 2.31. The average Bonchev–Trinajstić information content (AvgIpc) is 2.79. The van der Waals surface area contributed by atoms with Crippen molar-refractivity contribution in [2.75, 3.05) is 24.2 Å². The van der Waals surface area contributed by atoms with E-state index in [0.717, 1.165) is 10.6 Å². The van der Waals surface area contributed by atoms with Gasteiger partial charge in [-0.2, -0.15) is 0 Å². The number of ether oxygens (including phenoxy) is 2. The highest BCUT2D eigenvalue weighted by molar-refractivity contribution is 7.92. The van der Waals surface area contributed by atoms with Gasteiger partial charge in [0, 0.05) is 31.0 Å². The maximum absolute atomic E-state index is 13.7. The minimum atomic E-state index is -3.63. The molecule has 1 fully saturated rings. The van der Waals surface area contributed by atoms with E-state index in [2.05, 4.69) is 9.97 Å². The molecule has 13 heteroatoms. The fourth-order valence-electron chi connectivity index (χ4n) is 3.71. The molecule has 1 aliphatic rings. The summed E-state index contributed by atoms with van der Waals surface area (Å²) < 4.78 is 48.9. The number of hydrogen-bond donors (Lipinski definition) is 1. The molecule has 2 aromatic rings. The molecule has 0 bridgehead atoms. The largest absolute Gasteiger partial charge is 0.393 e. The standard InChI is InChI=1S/C24H29Cl3FN3O5S/c1-14(2)21-19(10-9-18-11-17(32)12-20(36-18)35-13-24(25,26)27)22(15-5-7-16(28)8-6-15)30-23(29-21)31(3)37(4,33)34/h5-10,14,17-18,20,32H,11-13H2,1-4H3/b10-9+/t17-,18-,20?/m0/s1. The summed E-state index contributed by atoms with van der Waals surface area (Å²) in [7, 11) is -2.27. The quantitative estimate of drug-likeness (QED) is 0.425.